The summed E-state index contributed by atoms with van der Waals surface area (Å²) in [5.41, 5.74) is 3.11. The van der Waals surface area contributed by atoms with Crippen molar-refractivity contribution in [2.75, 3.05) is 13.7 Å². The van der Waals surface area contributed by atoms with Crippen LogP contribution >= 0.6 is 0 Å². The van der Waals surface area contributed by atoms with Crippen LogP contribution < -0.4 is 5.32 Å². The maximum absolute atomic E-state index is 5.42. The van der Waals surface area contributed by atoms with Crippen LogP contribution in [0.15, 0.2) is 24.3 Å². The number of ether oxygens (including phenoxy) is 1. The number of benzene rings is 1. The fraction of sp³-hybridized carbons (Fsp3) is 0.625. The van der Waals surface area contributed by atoms with E-state index >= 15 is 0 Å². The molecule has 0 radical (unpaired) electrons. The zero-order valence-corrected chi connectivity index (χ0v) is 11.2. The van der Waals surface area contributed by atoms with Crippen LogP contribution in [0, 0.1) is 0 Å². The van der Waals surface area contributed by atoms with Crippen LogP contribution in [0.2, 0.25) is 0 Å². The Morgan fingerprint density at radius 2 is 1.94 bits per heavy atom. The molecule has 0 amide bonds. The van der Waals surface area contributed by atoms with Gasteiger partial charge < -0.3 is 10.1 Å². The smallest absolute Gasteiger partial charge is 0.0572 e. The second kappa shape index (κ2) is 5.41. The summed E-state index contributed by atoms with van der Waals surface area (Å²) in [4.78, 5) is 0. The summed E-state index contributed by atoms with van der Waals surface area (Å²) in [7, 11) is 1.84. The molecule has 2 nitrogen and oxygen atoms in total. The molecule has 0 saturated heterocycles. The molecule has 18 heavy (non-hydrogen) atoms. The zero-order valence-electron chi connectivity index (χ0n) is 11.2. The molecule has 1 aromatic rings. The Bertz CT molecular complexity index is 396. The van der Waals surface area contributed by atoms with Crippen LogP contribution in [0.4, 0.5) is 0 Å². The van der Waals surface area contributed by atoms with Crippen LogP contribution in [0.1, 0.15) is 42.7 Å². The number of hydrogen-bond acceptors (Lipinski definition) is 2. The first-order valence-corrected chi connectivity index (χ1v) is 7.21. The van der Waals surface area contributed by atoms with E-state index in [0.29, 0.717) is 12.1 Å². The van der Waals surface area contributed by atoms with Crippen LogP contribution in [-0.2, 0) is 11.2 Å². The van der Waals surface area contributed by atoms with Crippen molar-refractivity contribution in [3.8, 4) is 0 Å². The lowest BCUT2D eigenvalue weighted by atomic mass is 9.77. The van der Waals surface area contributed by atoms with Crippen molar-refractivity contribution in [1.29, 1.82) is 0 Å². The van der Waals surface area contributed by atoms with Gasteiger partial charge in [0.2, 0.25) is 0 Å². The normalized spacial score (nSPS) is 30.6. The van der Waals surface area contributed by atoms with Gasteiger partial charge in [0.1, 0.15) is 0 Å². The van der Waals surface area contributed by atoms with E-state index in [1.54, 1.807) is 11.1 Å². The van der Waals surface area contributed by atoms with Gasteiger partial charge in [0.05, 0.1) is 6.10 Å². The second-order valence-corrected chi connectivity index (χ2v) is 5.72. The predicted molar refractivity (Wildman–Crippen MR) is 73.9 cm³/mol. The van der Waals surface area contributed by atoms with Crippen molar-refractivity contribution in [2.24, 2.45) is 0 Å². The van der Waals surface area contributed by atoms with E-state index in [0.717, 1.165) is 12.5 Å². The topological polar surface area (TPSA) is 21.3 Å². The number of methoxy groups -OCH3 is 1. The van der Waals surface area contributed by atoms with Gasteiger partial charge in [-0.3, -0.25) is 0 Å². The van der Waals surface area contributed by atoms with Gasteiger partial charge in [0, 0.05) is 25.6 Å². The number of nitrogens with one attached hydrogen (secondary N) is 1. The fourth-order valence-corrected chi connectivity index (χ4v) is 3.36. The molecule has 0 heterocycles. The Labute approximate surface area is 110 Å². The molecule has 3 rings (SSSR count). The first-order valence-electron chi connectivity index (χ1n) is 7.21. The summed E-state index contributed by atoms with van der Waals surface area (Å²) in [6.45, 7) is 1.15. The number of fused-ring (bicyclic) bond motifs is 1. The molecular formula is C16H23NO. The van der Waals surface area contributed by atoms with Gasteiger partial charge in [0.15, 0.2) is 0 Å². The lowest BCUT2D eigenvalue weighted by Gasteiger charge is -2.34. The van der Waals surface area contributed by atoms with Crippen molar-refractivity contribution in [3.63, 3.8) is 0 Å². The van der Waals surface area contributed by atoms with E-state index in [2.05, 4.69) is 29.6 Å². The van der Waals surface area contributed by atoms with E-state index in [-0.39, 0.29) is 0 Å². The van der Waals surface area contributed by atoms with Crippen molar-refractivity contribution < 1.29 is 4.74 Å². The molecule has 1 atom stereocenters. The van der Waals surface area contributed by atoms with Crippen molar-refractivity contribution in [2.45, 2.75) is 50.2 Å². The van der Waals surface area contributed by atoms with Crippen molar-refractivity contribution in [1.82, 2.24) is 5.32 Å². The van der Waals surface area contributed by atoms with E-state index in [1.807, 2.05) is 7.11 Å². The summed E-state index contributed by atoms with van der Waals surface area (Å²) in [5.74, 6) is 0.751. The van der Waals surface area contributed by atoms with Crippen LogP contribution in [0.25, 0.3) is 0 Å². The highest BCUT2D eigenvalue weighted by molar-refractivity contribution is 5.40. The quantitative estimate of drug-likeness (QED) is 0.880. The van der Waals surface area contributed by atoms with Gasteiger partial charge in [-0.05, 0) is 43.2 Å². The maximum Gasteiger partial charge on any atom is 0.0572 e. The van der Waals surface area contributed by atoms with Crippen LogP contribution in [0.5, 0.6) is 0 Å². The van der Waals surface area contributed by atoms with Gasteiger partial charge in [-0.1, -0.05) is 24.3 Å². The Morgan fingerprint density at radius 3 is 2.67 bits per heavy atom. The molecule has 1 saturated carbocycles. The predicted octanol–water partition coefficient (Wildman–Crippen LogP) is 2.87. The van der Waals surface area contributed by atoms with E-state index in [4.69, 9.17) is 4.74 Å². The van der Waals surface area contributed by atoms with Gasteiger partial charge in [0.25, 0.3) is 0 Å². The largest absolute Gasteiger partial charge is 0.381 e. The minimum atomic E-state index is 0.507. The summed E-state index contributed by atoms with van der Waals surface area (Å²) in [6, 6.07) is 9.57. The Morgan fingerprint density at radius 1 is 1.17 bits per heavy atom. The van der Waals surface area contributed by atoms with Gasteiger partial charge in [-0.15, -0.1) is 0 Å². The summed E-state index contributed by atoms with van der Waals surface area (Å²) >= 11 is 0. The Hall–Kier alpha value is -0.860. The van der Waals surface area contributed by atoms with Gasteiger partial charge in [-0.25, -0.2) is 0 Å². The molecule has 2 heteroatoms. The third kappa shape index (κ3) is 2.45. The third-order valence-corrected chi connectivity index (χ3v) is 4.62. The molecule has 0 bridgehead atoms. The average molecular weight is 245 g/mol. The standard InChI is InChI=1S/C16H23NO/c1-18-15-8-6-14(7-9-15)17-11-13-10-12-4-2-3-5-16(12)13/h2-5,13-15,17H,6-11H2,1H3. The molecule has 2 aliphatic rings. The van der Waals surface area contributed by atoms with Crippen LogP contribution in [-0.4, -0.2) is 25.8 Å². The first kappa shape index (κ1) is 12.2. The third-order valence-electron chi connectivity index (χ3n) is 4.62. The molecule has 1 unspecified atom stereocenters. The molecule has 0 aliphatic heterocycles. The zero-order chi connectivity index (χ0) is 12.4. The molecule has 0 spiro atoms. The highest BCUT2D eigenvalue weighted by Gasteiger charge is 2.27. The second-order valence-electron chi connectivity index (χ2n) is 5.72. The van der Waals surface area contributed by atoms with Gasteiger partial charge >= 0.3 is 0 Å². The van der Waals surface area contributed by atoms with Crippen molar-refractivity contribution in [3.05, 3.63) is 35.4 Å². The highest BCUT2D eigenvalue weighted by atomic mass is 16.5. The Kier molecular flexibility index (Phi) is 3.67. The lowest BCUT2D eigenvalue weighted by molar-refractivity contribution is 0.0623. The maximum atomic E-state index is 5.42. The summed E-state index contributed by atoms with van der Waals surface area (Å²) in [5, 5.41) is 3.75. The molecule has 1 aromatic carbocycles. The minimum Gasteiger partial charge on any atom is -0.381 e. The number of hydrogen-bond donors (Lipinski definition) is 1. The highest BCUT2D eigenvalue weighted by Crippen LogP contribution is 2.34. The van der Waals surface area contributed by atoms with E-state index in [9.17, 15) is 0 Å². The molecule has 98 valence electrons. The molecule has 0 aromatic heterocycles. The van der Waals surface area contributed by atoms with E-state index < -0.39 is 0 Å². The van der Waals surface area contributed by atoms with Crippen LogP contribution in [0.3, 0.4) is 0 Å². The summed E-state index contributed by atoms with van der Waals surface area (Å²) in [6.07, 6.45) is 6.74. The van der Waals surface area contributed by atoms with E-state index in [1.165, 1.54) is 32.1 Å². The minimum absolute atomic E-state index is 0.507. The monoisotopic (exact) mass is 245 g/mol. The first-order chi connectivity index (χ1) is 8.86. The lowest BCUT2D eigenvalue weighted by Crippen LogP contribution is -2.39. The Balaban J connectivity index is 1.44. The molecular weight excluding hydrogens is 222 g/mol. The molecule has 1 N–H and O–H groups in total. The SMILES string of the molecule is COC1CCC(NCC2Cc3ccccc32)CC1. The fourth-order valence-electron chi connectivity index (χ4n) is 3.36. The molecule has 2 aliphatic carbocycles. The average Bonchev–Trinajstić information content (AvgIpc) is 2.40. The number of rotatable bonds is 4. The van der Waals surface area contributed by atoms with Gasteiger partial charge in [-0.2, -0.15) is 0 Å². The molecule has 1 fully saturated rings. The summed E-state index contributed by atoms with van der Waals surface area (Å²) < 4.78 is 5.42. The van der Waals surface area contributed by atoms with Crippen molar-refractivity contribution >= 4 is 0 Å².